The predicted octanol–water partition coefficient (Wildman–Crippen LogP) is 3.52. The largest absolute Gasteiger partial charge is 0.361 e. The summed E-state index contributed by atoms with van der Waals surface area (Å²) in [6, 6.07) is 6.34. The topological polar surface area (TPSA) is 64.8 Å². The highest BCUT2D eigenvalue weighted by atomic mass is 79.9. The van der Waals surface area contributed by atoms with Crippen molar-refractivity contribution in [1.82, 2.24) is 19.9 Å². The number of nitrogens with one attached hydrogen (secondary N) is 2. The van der Waals surface area contributed by atoms with E-state index in [9.17, 15) is 4.79 Å². The van der Waals surface area contributed by atoms with Crippen molar-refractivity contribution in [2.75, 3.05) is 6.54 Å². The number of hydrogen-bond acceptors (Lipinski definition) is 3. The van der Waals surface area contributed by atoms with Crippen LogP contribution in [0.1, 0.15) is 35.5 Å². The third-order valence-corrected chi connectivity index (χ3v) is 6.00. The molecule has 6 heteroatoms. The fraction of sp³-hybridized carbons (Fsp3) is 0.400. The third-order valence-electron chi connectivity index (χ3n) is 5.50. The Balaban J connectivity index is 1.39. The van der Waals surface area contributed by atoms with Gasteiger partial charge in [0, 0.05) is 53.2 Å². The molecule has 3 aromatic rings. The van der Waals surface area contributed by atoms with Crippen molar-refractivity contribution in [2.45, 2.75) is 38.8 Å². The molecular formula is C20H21BrN4O. The molecule has 0 saturated heterocycles. The second kappa shape index (κ2) is 6.35. The Labute approximate surface area is 160 Å². The highest BCUT2D eigenvalue weighted by molar-refractivity contribution is 9.10. The molecule has 5 rings (SSSR count). The van der Waals surface area contributed by atoms with Gasteiger partial charge in [-0.15, -0.1) is 0 Å². The van der Waals surface area contributed by atoms with Crippen LogP contribution in [0.15, 0.2) is 33.7 Å². The number of benzene rings is 1. The van der Waals surface area contributed by atoms with E-state index in [1.54, 1.807) is 0 Å². The monoisotopic (exact) mass is 412 g/mol. The van der Waals surface area contributed by atoms with Crippen LogP contribution in [-0.4, -0.2) is 26.4 Å². The molecule has 1 aliphatic carbocycles. The molecule has 5 nitrogen and oxygen atoms in total. The van der Waals surface area contributed by atoms with Crippen LogP contribution in [0.3, 0.4) is 0 Å². The van der Waals surface area contributed by atoms with E-state index in [2.05, 4.69) is 55.2 Å². The number of hydrogen-bond donors (Lipinski definition) is 2. The molecule has 1 fully saturated rings. The maximum atomic E-state index is 12.4. The average Bonchev–Trinajstić information content (AvgIpc) is 3.34. The number of H-pyrrole nitrogens is 2. The third kappa shape index (κ3) is 3.12. The summed E-state index contributed by atoms with van der Waals surface area (Å²) in [5.41, 5.74) is 4.36. The quantitative estimate of drug-likeness (QED) is 0.688. The van der Waals surface area contributed by atoms with Crippen molar-refractivity contribution >= 4 is 26.8 Å². The van der Waals surface area contributed by atoms with E-state index >= 15 is 0 Å². The minimum absolute atomic E-state index is 0.0715. The molecule has 2 aromatic heterocycles. The Hall–Kier alpha value is -1.92. The predicted molar refractivity (Wildman–Crippen MR) is 105 cm³/mol. The van der Waals surface area contributed by atoms with Crippen molar-refractivity contribution < 1.29 is 0 Å². The Morgan fingerprint density at radius 2 is 2.19 bits per heavy atom. The maximum Gasteiger partial charge on any atom is 0.254 e. The molecule has 134 valence electrons. The number of halogens is 1. The zero-order valence-corrected chi connectivity index (χ0v) is 16.1. The molecule has 2 N–H and O–H groups in total. The van der Waals surface area contributed by atoms with Crippen LogP contribution in [0.2, 0.25) is 0 Å². The second-order valence-electron chi connectivity index (χ2n) is 7.55. The Morgan fingerprint density at radius 3 is 3.04 bits per heavy atom. The summed E-state index contributed by atoms with van der Waals surface area (Å²) in [5.74, 6) is 1.59. The Bertz CT molecular complexity index is 1030. The first-order chi connectivity index (χ1) is 12.7. The van der Waals surface area contributed by atoms with E-state index in [0.717, 1.165) is 65.5 Å². The van der Waals surface area contributed by atoms with E-state index in [0.29, 0.717) is 0 Å². The standard InChI is InChI=1S/C20H21BrN4O/c21-14-3-4-15-13(9-22-17(15)8-14)10-25-6-5-16-18(11-25)23-19(24-20(16)26)7-12-1-2-12/h3-4,8-9,12,22H,1-2,5-7,10-11H2,(H,23,24,26). The van der Waals surface area contributed by atoms with Gasteiger partial charge in [0.1, 0.15) is 5.82 Å². The highest BCUT2D eigenvalue weighted by Crippen LogP contribution is 2.31. The molecule has 26 heavy (non-hydrogen) atoms. The van der Waals surface area contributed by atoms with Gasteiger partial charge in [0.25, 0.3) is 5.56 Å². The molecule has 1 aromatic carbocycles. The minimum atomic E-state index is 0.0715. The van der Waals surface area contributed by atoms with Crippen LogP contribution in [-0.2, 0) is 25.9 Å². The first-order valence-corrected chi connectivity index (χ1v) is 10.0. The normalized spacial score (nSPS) is 17.6. The van der Waals surface area contributed by atoms with E-state index < -0.39 is 0 Å². The summed E-state index contributed by atoms with van der Waals surface area (Å²) in [5, 5.41) is 1.26. The van der Waals surface area contributed by atoms with Gasteiger partial charge in [-0.05, 0) is 42.9 Å². The van der Waals surface area contributed by atoms with Gasteiger partial charge in [-0.3, -0.25) is 9.69 Å². The van der Waals surface area contributed by atoms with Crippen LogP contribution in [0.25, 0.3) is 10.9 Å². The summed E-state index contributed by atoms with van der Waals surface area (Å²) in [4.78, 5) is 25.9. The Morgan fingerprint density at radius 1 is 1.31 bits per heavy atom. The lowest BCUT2D eigenvalue weighted by Gasteiger charge is -2.27. The maximum absolute atomic E-state index is 12.4. The van der Waals surface area contributed by atoms with Crippen LogP contribution in [0.4, 0.5) is 0 Å². The fourth-order valence-corrected chi connectivity index (χ4v) is 4.26. The van der Waals surface area contributed by atoms with E-state index in [4.69, 9.17) is 4.98 Å². The van der Waals surface area contributed by atoms with Crippen molar-refractivity contribution in [3.8, 4) is 0 Å². The number of nitrogens with zero attached hydrogens (tertiary/aromatic N) is 2. The summed E-state index contributed by atoms with van der Waals surface area (Å²) < 4.78 is 1.08. The van der Waals surface area contributed by atoms with Gasteiger partial charge < -0.3 is 9.97 Å². The molecular weight excluding hydrogens is 392 g/mol. The van der Waals surface area contributed by atoms with Crippen LogP contribution in [0.5, 0.6) is 0 Å². The summed E-state index contributed by atoms with van der Waals surface area (Å²) in [6.07, 6.45) is 6.32. The molecule has 0 spiro atoms. The molecule has 0 unspecified atom stereocenters. The molecule has 1 aliphatic heterocycles. The lowest BCUT2D eigenvalue weighted by molar-refractivity contribution is 0.241. The van der Waals surface area contributed by atoms with Gasteiger partial charge >= 0.3 is 0 Å². The minimum Gasteiger partial charge on any atom is -0.361 e. The zero-order valence-electron chi connectivity index (χ0n) is 14.5. The highest BCUT2D eigenvalue weighted by Gasteiger charge is 2.25. The van der Waals surface area contributed by atoms with Gasteiger partial charge in [-0.25, -0.2) is 4.98 Å². The molecule has 0 bridgehead atoms. The van der Waals surface area contributed by atoms with Gasteiger partial charge in [0.15, 0.2) is 0 Å². The number of rotatable bonds is 4. The second-order valence-corrected chi connectivity index (χ2v) is 8.47. The van der Waals surface area contributed by atoms with E-state index in [-0.39, 0.29) is 5.56 Å². The SMILES string of the molecule is O=c1[nH]c(CC2CC2)nc2c1CCN(Cc1c[nH]c3cc(Br)ccc13)C2. The van der Waals surface area contributed by atoms with E-state index in [1.165, 1.54) is 23.8 Å². The summed E-state index contributed by atoms with van der Waals surface area (Å²) in [7, 11) is 0. The van der Waals surface area contributed by atoms with Gasteiger partial charge in [-0.1, -0.05) is 22.0 Å². The molecule has 3 heterocycles. The first kappa shape index (κ1) is 16.3. The zero-order chi connectivity index (χ0) is 17.7. The summed E-state index contributed by atoms with van der Waals surface area (Å²) in [6.45, 7) is 2.51. The lowest BCUT2D eigenvalue weighted by atomic mass is 10.0. The molecule has 2 aliphatic rings. The molecule has 1 saturated carbocycles. The fourth-order valence-electron chi connectivity index (χ4n) is 3.90. The smallest absolute Gasteiger partial charge is 0.254 e. The van der Waals surface area contributed by atoms with Gasteiger partial charge in [0.2, 0.25) is 0 Å². The Kier molecular flexibility index (Phi) is 3.98. The van der Waals surface area contributed by atoms with Crippen molar-refractivity contribution in [1.29, 1.82) is 0 Å². The van der Waals surface area contributed by atoms with Crippen molar-refractivity contribution in [3.05, 3.63) is 61.9 Å². The van der Waals surface area contributed by atoms with Gasteiger partial charge in [0.05, 0.1) is 5.69 Å². The average molecular weight is 413 g/mol. The summed E-state index contributed by atoms with van der Waals surface area (Å²) >= 11 is 3.52. The lowest BCUT2D eigenvalue weighted by Crippen LogP contribution is -2.35. The number of aromatic amines is 2. The molecule has 0 amide bonds. The van der Waals surface area contributed by atoms with Crippen LogP contribution < -0.4 is 5.56 Å². The molecule has 0 radical (unpaired) electrons. The van der Waals surface area contributed by atoms with Crippen LogP contribution in [0, 0.1) is 5.92 Å². The van der Waals surface area contributed by atoms with Gasteiger partial charge in [-0.2, -0.15) is 0 Å². The number of fused-ring (bicyclic) bond motifs is 2. The van der Waals surface area contributed by atoms with Crippen molar-refractivity contribution in [3.63, 3.8) is 0 Å². The molecule has 0 atom stereocenters. The van der Waals surface area contributed by atoms with Crippen molar-refractivity contribution in [2.24, 2.45) is 5.92 Å². The number of aromatic nitrogens is 3. The van der Waals surface area contributed by atoms with E-state index in [1.807, 2.05) is 0 Å². The van der Waals surface area contributed by atoms with Crippen LogP contribution >= 0.6 is 15.9 Å². The first-order valence-electron chi connectivity index (χ1n) is 9.24.